The topological polar surface area (TPSA) is 26.0 Å². The molecular weight excluding hydrogens is 258 g/mol. The Balaban J connectivity index is 2.03. The molecule has 1 aromatic carbocycles. The Morgan fingerprint density at radius 3 is 2.44 bits per heavy atom. The van der Waals surface area contributed by atoms with Crippen molar-refractivity contribution in [1.29, 1.82) is 0 Å². The van der Waals surface area contributed by atoms with Crippen molar-refractivity contribution < 1.29 is 0 Å². The summed E-state index contributed by atoms with van der Waals surface area (Å²) in [5.74, 6) is 1.17. The van der Waals surface area contributed by atoms with Gasteiger partial charge in [-0.25, -0.2) is 0 Å². The Morgan fingerprint density at radius 1 is 1.22 bits per heavy atom. The van der Waals surface area contributed by atoms with Gasteiger partial charge in [0.15, 0.2) is 0 Å². The van der Waals surface area contributed by atoms with Crippen LogP contribution >= 0.6 is 23.5 Å². The van der Waals surface area contributed by atoms with Crippen LogP contribution in [0, 0.1) is 0 Å². The predicted molar refractivity (Wildman–Crippen MR) is 85.5 cm³/mol. The summed E-state index contributed by atoms with van der Waals surface area (Å²) < 4.78 is 0. The summed E-state index contributed by atoms with van der Waals surface area (Å²) in [7, 11) is 0. The number of hydrogen-bond donors (Lipinski definition) is 1. The molecule has 1 heterocycles. The van der Waals surface area contributed by atoms with Gasteiger partial charge in [0.25, 0.3) is 0 Å². The van der Waals surface area contributed by atoms with Crippen LogP contribution in [0.2, 0.25) is 0 Å². The van der Waals surface area contributed by atoms with Gasteiger partial charge in [-0.05, 0) is 17.5 Å². The maximum atomic E-state index is 6.43. The van der Waals surface area contributed by atoms with Gasteiger partial charge in [-0.2, -0.15) is 23.5 Å². The third kappa shape index (κ3) is 3.25. The minimum atomic E-state index is 0.170. The van der Waals surface area contributed by atoms with Gasteiger partial charge in [0.1, 0.15) is 0 Å². The molecule has 18 heavy (non-hydrogen) atoms. The number of nitrogens with two attached hydrogens (primary N) is 1. The van der Waals surface area contributed by atoms with Crippen molar-refractivity contribution >= 4 is 23.5 Å². The Hall–Kier alpha value is -0.120. The molecular formula is C15H23NS2. The van der Waals surface area contributed by atoms with E-state index in [-0.39, 0.29) is 6.04 Å². The molecule has 4 atom stereocenters. The second-order valence-corrected chi connectivity index (χ2v) is 8.07. The molecule has 3 heteroatoms. The zero-order chi connectivity index (χ0) is 13.1. The lowest BCUT2D eigenvalue weighted by atomic mass is 10.0. The van der Waals surface area contributed by atoms with Crippen molar-refractivity contribution in [2.45, 2.75) is 49.0 Å². The van der Waals surface area contributed by atoms with Gasteiger partial charge >= 0.3 is 0 Å². The zero-order valence-electron chi connectivity index (χ0n) is 11.4. The molecule has 4 unspecified atom stereocenters. The molecule has 0 bridgehead atoms. The fourth-order valence-electron chi connectivity index (χ4n) is 2.19. The lowest BCUT2D eigenvalue weighted by molar-refractivity contribution is 0.707. The summed E-state index contributed by atoms with van der Waals surface area (Å²) in [6.45, 7) is 6.83. The Kier molecular flexibility index (Phi) is 5.05. The molecule has 0 amide bonds. The molecule has 1 aromatic rings. The SMILES string of the molecule is CCc1ccc(C(N)C2CSC(C)C(C)S2)cc1. The minimum Gasteiger partial charge on any atom is -0.323 e. The molecule has 0 saturated carbocycles. The fraction of sp³-hybridized carbons (Fsp3) is 0.600. The Labute approximate surface area is 119 Å². The molecule has 0 aromatic heterocycles. The lowest BCUT2D eigenvalue weighted by Gasteiger charge is -2.34. The molecule has 1 saturated heterocycles. The van der Waals surface area contributed by atoms with Crippen LogP contribution in [-0.4, -0.2) is 21.5 Å². The van der Waals surface area contributed by atoms with E-state index >= 15 is 0 Å². The molecule has 2 N–H and O–H groups in total. The predicted octanol–water partition coefficient (Wildman–Crippen LogP) is 3.87. The van der Waals surface area contributed by atoms with Crippen molar-refractivity contribution in [3.63, 3.8) is 0 Å². The standard InChI is InChI=1S/C15H23NS2/c1-4-12-5-7-13(8-6-12)15(16)14-9-17-10(2)11(3)18-14/h5-8,10-11,14-15H,4,9,16H2,1-3H3. The first-order valence-electron chi connectivity index (χ1n) is 6.73. The van der Waals surface area contributed by atoms with E-state index in [1.807, 2.05) is 0 Å². The summed E-state index contributed by atoms with van der Waals surface area (Å²) in [5.41, 5.74) is 9.11. The second-order valence-electron chi connectivity index (χ2n) is 5.04. The number of benzene rings is 1. The Morgan fingerprint density at radius 2 is 1.89 bits per heavy atom. The van der Waals surface area contributed by atoms with Crippen LogP contribution in [0.1, 0.15) is 37.9 Å². The van der Waals surface area contributed by atoms with Crippen LogP contribution in [0.15, 0.2) is 24.3 Å². The van der Waals surface area contributed by atoms with Gasteiger partial charge in [-0.3, -0.25) is 0 Å². The zero-order valence-corrected chi connectivity index (χ0v) is 13.1. The summed E-state index contributed by atoms with van der Waals surface area (Å²) in [6, 6.07) is 9.00. The van der Waals surface area contributed by atoms with Crippen molar-refractivity contribution in [3.05, 3.63) is 35.4 Å². The van der Waals surface area contributed by atoms with Gasteiger partial charge in [0.05, 0.1) is 0 Å². The first kappa shape index (κ1) is 14.3. The van der Waals surface area contributed by atoms with Crippen molar-refractivity contribution in [2.24, 2.45) is 5.73 Å². The van der Waals surface area contributed by atoms with E-state index in [0.717, 1.165) is 11.7 Å². The van der Waals surface area contributed by atoms with Crippen LogP contribution < -0.4 is 5.73 Å². The van der Waals surface area contributed by atoms with Gasteiger partial charge in [-0.1, -0.05) is 45.0 Å². The van der Waals surface area contributed by atoms with Crippen molar-refractivity contribution in [2.75, 3.05) is 5.75 Å². The van der Waals surface area contributed by atoms with E-state index in [1.165, 1.54) is 16.9 Å². The molecule has 2 rings (SSSR count). The average Bonchev–Trinajstić information content (AvgIpc) is 2.41. The highest BCUT2D eigenvalue weighted by Crippen LogP contribution is 2.40. The number of thioether (sulfide) groups is 2. The second kappa shape index (κ2) is 6.36. The van der Waals surface area contributed by atoms with Gasteiger partial charge in [0, 0.05) is 27.5 Å². The van der Waals surface area contributed by atoms with E-state index < -0.39 is 0 Å². The van der Waals surface area contributed by atoms with E-state index in [9.17, 15) is 0 Å². The molecule has 0 radical (unpaired) electrons. The molecule has 1 aliphatic heterocycles. The maximum absolute atomic E-state index is 6.43. The Bertz CT molecular complexity index is 377. The van der Waals surface area contributed by atoms with E-state index in [0.29, 0.717) is 10.5 Å². The molecule has 0 aliphatic carbocycles. The number of hydrogen-bond acceptors (Lipinski definition) is 3. The summed E-state index contributed by atoms with van der Waals surface area (Å²) in [4.78, 5) is 0. The van der Waals surface area contributed by atoms with Crippen LogP contribution in [0.4, 0.5) is 0 Å². The summed E-state index contributed by atoms with van der Waals surface area (Å²) in [5, 5.41) is 2.00. The smallest absolute Gasteiger partial charge is 0.0423 e. The molecule has 1 nitrogen and oxygen atoms in total. The highest BCUT2D eigenvalue weighted by Gasteiger charge is 2.30. The third-order valence-corrected chi connectivity index (χ3v) is 7.26. The minimum absolute atomic E-state index is 0.170. The molecule has 100 valence electrons. The van der Waals surface area contributed by atoms with Crippen molar-refractivity contribution in [3.8, 4) is 0 Å². The highest BCUT2D eigenvalue weighted by atomic mass is 32.2. The van der Waals surface area contributed by atoms with E-state index in [2.05, 4.69) is 68.6 Å². The first-order chi connectivity index (χ1) is 8.61. The first-order valence-corrected chi connectivity index (χ1v) is 8.72. The van der Waals surface area contributed by atoms with Crippen LogP contribution in [-0.2, 0) is 6.42 Å². The maximum Gasteiger partial charge on any atom is 0.0423 e. The van der Waals surface area contributed by atoms with E-state index in [4.69, 9.17) is 5.73 Å². The largest absolute Gasteiger partial charge is 0.323 e. The fourth-order valence-corrected chi connectivity index (χ4v) is 5.24. The number of rotatable bonds is 3. The van der Waals surface area contributed by atoms with E-state index in [1.54, 1.807) is 0 Å². The molecule has 0 spiro atoms. The number of aryl methyl sites for hydroxylation is 1. The van der Waals surface area contributed by atoms with Gasteiger partial charge in [-0.15, -0.1) is 0 Å². The average molecular weight is 281 g/mol. The summed E-state index contributed by atoms with van der Waals surface area (Å²) in [6.07, 6.45) is 1.10. The lowest BCUT2D eigenvalue weighted by Crippen LogP contribution is -2.34. The quantitative estimate of drug-likeness (QED) is 0.910. The molecule has 1 fully saturated rings. The van der Waals surface area contributed by atoms with Gasteiger partial charge in [0.2, 0.25) is 0 Å². The van der Waals surface area contributed by atoms with Crippen LogP contribution in [0.3, 0.4) is 0 Å². The summed E-state index contributed by atoms with van der Waals surface area (Å²) >= 11 is 4.13. The normalized spacial score (nSPS) is 30.1. The third-order valence-electron chi connectivity index (χ3n) is 3.75. The van der Waals surface area contributed by atoms with Crippen LogP contribution in [0.25, 0.3) is 0 Å². The van der Waals surface area contributed by atoms with Gasteiger partial charge < -0.3 is 5.73 Å². The van der Waals surface area contributed by atoms with Crippen molar-refractivity contribution in [1.82, 2.24) is 0 Å². The monoisotopic (exact) mass is 281 g/mol. The highest BCUT2D eigenvalue weighted by molar-refractivity contribution is 8.07. The molecule has 1 aliphatic rings. The van der Waals surface area contributed by atoms with Crippen LogP contribution in [0.5, 0.6) is 0 Å².